The molecule has 3 heteroatoms. The molecule has 3 nitrogen and oxygen atoms in total. The van der Waals surface area contributed by atoms with Crippen LogP contribution in [0, 0.1) is 0 Å². The monoisotopic (exact) mass is 272 g/mol. The summed E-state index contributed by atoms with van der Waals surface area (Å²) in [5.74, 6) is 0.672. The molecule has 0 amide bonds. The van der Waals surface area contributed by atoms with Crippen molar-refractivity contribution in [1.82, 2.24) is 0 Å². The number of hydrogen-bond acceptors (Lipinski definition) is 3. The van der Waals surface area contributed by atoms with Crippen molar-refractivity contribution < 1.29 is 14.9 Å². The molecular weight excluding hydrogens is 252 g/mol. The molecule has 0 fully saturated rings. The molecule has 2 aromatic carbocycles. The SMILES string of the molecule is C[C@H](O)c1ccc(OCC(C)(O)c2ccccc2)cc1. The van der Waals surface area contributed by atoms with Crippen LogP contribution in [0.25, 0.3) is 0 Å². The number of aliphatic hydroxyl groups is 2. The van der Waals surface area contributed by atoms with Crippen molar-refractivity contribution in [2.24, 2.45) is 0 Å². The third kappa shape index (κ3) is 3.59. The fourth-order valence-electron chi connectivity index (χ4n) is 1.95. The van der Waals surface area contributed by atoms with E-state index in [1.54, 1.807) is 26.0 Å². The molecule has 0 saturated carbocycles. The van der Waals surface area contributed by atoms with Gasteiger partial charge in [0.15, 0.2) is 0 Å². The van der Waals surface area contributed by atoms with E-state index in [9.17, 15) is 10.2 Å². The van der Waals surface area contributed by atoms with Gasteiger partial charge in [-0.2, -0.15) is 0 Å². The van der Waals surface area contributed by atoms with Crippen LogP contribution < -0.4 is 4.74 Å². The van der Waals surface area contributed by atoms with Gasteiger partial charge in [-0.3, -0.25) is 0 Å². The maximum absolute atomic E-state index is 10.4. The first-order valence-electron chi connectivity index (χ1n) is 6.68. The summed E-state index contributed by atoms with van der Waals surface area (Å²) < 4.78 is 5.63. The van der Waals surface area contributed by atoms with E-state index in [1.165, 1.54) is 0 Å². The molecule has 0 radical (unpaired) electrons. The minimum atomic E-state index is -1.04. The van der Waals surface area contributed by atoms with Gasteiger partial charge in [0.2, 0.25) is 0 Å². The van der Waals surface area contributed by atoms with Gasteiger partial charge in [0.1, 0.15) is 18.0 Å². The average molecular weight is 272 g/mol. The highest BCUT2D eigenvalue weighted by atomic mass is 16.5. The van der Waals surface area contributed by atoms with E-state index in [0.29, 0.717) is 5.75 Å². The third-order valence-electron chi connectivity index (χ3n) is 3.28. The highest BCUT2D eigenvalue weighted by Crippen LogP contribution is 2.23. The van der Waals surface area contributed by atoms with Crippen molar-refractivity contribution in [3.63, 3.8) is 0 Å². The quantitative estimate of drug-likeness (QED) is 0.879. The Bertz CT molecular complexity index is 530. The fraction of sp³-hybridized carbons (Fsp3) is 0.294. The lowest BCUT2D eigenvalue weighted by Crippen LogP contribution is -2.29. The van der Waals surface area contributed by atoms with Crippen LogP contribution in [-0.2, 0) is 5.60 Å². The highest BCUT2D eigenvalue weighted by Gasteiger charge is 2.23. The largest absolute Gasteiger partial charge is 0.490 e. The van der Waals surface area contributed by atoms with E-state index in [-0.39, 0.29) is 6.61 Å². The van der Waals surface area contributed by atoms with Gasteiger partial charge in [-0.1, -0.05) is 42.5 Å². The van der Waals surface area contributed by atoms with Gasteiger partial charge in [0.05, 0.1) is 6.10 Å². The summed E-state index contributed by atoms with van der Waals surface area (Å²) in [6, 6.07) is 16.7. The molecule has 0 saturated heterocycles. The molecule has 2 rings (SSSR count). The van der Waals surface area contributed by atoms with Crippen LogP contribution in [0.15, 0.2) is 54.6 Å². The lowest BCUT2D eigenvalue weighted by Gasteiger charge is -2.24. The van der Waals surface area contributed by atoms with Crippen LogP contribution in [0.2, 0.25) is 0 Å². The minimum absolute atomic E-state index is 0.172. The zero-order valence-corrected chi connectivity index (χ0v) is 11.8. The first kappa shape index (κ1) is 14.6. The van der Waals surface area contributed by atoms with Crippen molar-refractivity contribution in [1.29, 1.82) is 0 Å². The molecule has 0 aromatic heterocycles. The predicted octanol–water partition coefficient (Wildman–Crippen LogP) is 3.03. The van der Waals surface area contributed by atoms with Crippen molar-refractivity contribution in [2.75, 3.05) is 6.61 Å². The van der Waals surface area contributed by atoms with Gasteiger partial charge in [-0.05, 0) is 37.1 Å². The summed E-state index contributed by atoms with van der Waals surface area (Å²) in [6.45, 7) is 3.62. The number of ether oxygens (including phenoxy) is 1. The Morgan fingerprint density at radius 3 is 2.20 bits per heavy atom. The predicted molar refractivity (Wildman–Crippen MR) is 78.6 cm³/mol. The second-order valence-electron chi connectivity index (χ2n) is 5.17. The topological polar surface area (TPSA) is 49.7 Å². The Hall–Kier alpha value is -1.84. The number of rotatable bonds is 5. The zero-order valence-electron chi connectivity index (χ0n) is 11.8. The maximum atomic E-state index is 10.4. The van der Waals surface area contributed by atoms with E-state index in [0.717, 1.165) is 11.1 Å². The van der Waals surface area contributed by atoms with Crippen molar-refractivity contribution in [3.8, 4) is 5.75 Å². The second-order valence-corrected chi connectivity index (χ2v) is 5.17. The summed E-state index contributed by atoms with van der Waals surface area (Å²) in [4.78, 5) is 0. The highest BCUT2D eigenvalue weighted by molar-refractivity contribution is 5.29. The van der Waals surface area contributed by atoms with Crippen molar-refractivity contribution in [2.45, 2.75) is 25.6 Å². The first-order chi connectivity index (χ1) is 9.49. The molecule has 1 unspecified atom stereocenters. The smallest absolute Gasteiger partial charge is 0.121 e. The lowest BCUT2D eigenvalue weighted by atomic mass is 9.97. The van der Waals surface area contributed by atoms with E-state index in [4.69, 9.17) is 4.74 Å². The third-order valence-corrected chi connectivity index (χ3v) is 3.28. The Balaban J connectivity index is 2.01. The van der Waals surface area contributed by atoms with E-state index < -0.39 is 11.7 Å². The van der Waals surface area contributed by atoms with Crippen LogP contribution in [-0.4, -0.2) is 16.8 Å². The summed E-state index contributed by atoms with van der Waals surface area (Å²) in [5, 5.41) is 19.9. The van der Waals surface area contributed by atoms with Gasteiger partial charge >= 0.3 is 0 Å². The number of benzene rings is 2. The molecule has 0 spiro atoms. The lowest BCUT2D eigenvalue weighted by molar-refractivity contribution is 0.00758. The summed E-state index contributed by atoms with van der Waals surface area (Å²) in [6.07, 6.45) is -0.489. The average Bonchev–Trinajstić information content (AvgIpc) is 2.46. The van der Waals surface area contributed by atoms with Gasteiger partial charge in [-0.15, -0.1) is 0 Å². The standard InChI is InChI=1S/C17H20O3/c1-13(18)14-8-10-16(11-9-14)20-12-17(2,19)15-6-4-3-5-7-15/h3-11,13,18-19H,12H2,1-2H3/t13-,17?/m0/s1. The fourth-order valence-corrected chi connectivity index (χ4v) is 1.95. The molecule has 20 heavy (non-hydrogen) atoms. The second kappa shape index (κ2) is 6.07. The molecule has 0 aliphatic rings. The Morgan fingerprint density at radius 2 is 1.65 bits per heavy atom. The van der Waals surface area contributed by atoms with Gasteiger partial charge in [0.25, 0.3) is 0 Å². The Morgan fingerprint density at radius 1 is 1.05 bits per heavy atom. The molecule has 2 N–H and O–H groups in total. The number of aliphatic hydroxyl groups excluding tert-OH is 1. The van der Waals surface area contributed by atoms with E-state index in [2.05, 4.69) is 0 Å². The molecular formula is C17H20O3. The normalized spacial score (nSPS) is 15.4. The van der Waals surface area contributed by atoms with Crippen molar-refractivity contribution in [3.05, 3.63) is 65.7 Å². The zero-order chi connectivity index (χ0) is 14.6. The summed E-state index contributed by atoms with van der Waals surface area (Å²) in [5.41, 5.74) is 0.622. The summed E-state index contributed by atoms with van der Waals surface area (Å²) >= 11 is 0. The molecule has 2 aromatic rings. The minimum Gasteiger partial charge on any atom is -0.490 e. The van der Waals surface area contributed by atoms with Crippen LogP contribution >= 0.6 is 0 Å². The molecule has 0 aliphatic heterocycles. The Kier molecular flexibility index (Phi) is 4.42. The van der Waals surface area contributed by atoms with Crippen molar-refractivity contribution >= 4 is 0 Å². The van der Waals surface area contributed by atoms with Gasteiger partial charge < -0.3 is 14.9 Å². The van der Waals surface area contributed by atoms with E-state index in [1.807, 2.05) is 42.5 Å². The van der Waals surface area contributed by atoms with Gasteiger partial charge in [-0.25, -0.2) is 0 Å². The van der Waals surface area contributed by atoms with Crippen LogP contribution in [0.1, 0.15) is 31.1 Å². The van der Waals surface area contributed by atoms with E-state index >= 15 is 0 Å². The van der Waals surface area contributed by atoms with Crippen LogP contribution in [0.4, 0.5) is 0 Å². The Labute approximate surface area is 119 Å². The van der Waals surface area contributed by atoms with Gasteiger partial charge in [0, 0.05) is 0 Å². The number of hydrogen-bond donors (Lipinski definition) is 2. The molecule has 0 aliphatic carbocycles. The molecule has 0 bridgehead atoms. The summed E-state index contributed by atoms with van der Waals surface area (Å²) in [7, 11) is 0. The first-order valence-corrected chi connectivity index (χ1v) is 6.68. The maximum Gasteiger partial charge on any atom is 0.121 e. The molecule has 106 valence electrons. The molecule has 0 heterocycles. The van der Waals surface area contributed by atoms with Crippen LogP contribution in [0.3, 0.4) is 0 Å². The van der Waals surface area contributed by atoms with Crippen LogP contribution in [0.5, 0.6) is 5.75 Å². The molecule has 2 atom stereocenters.